The maximum atomic E-state index is 12.4. The zero-order valence-electron chi connectivity index (χ0n) is 14.1. The Bertz CT molecular complexity index is 731. The molecule has 0 saturated carbocycles. The van der Waals surface area contributed by atoms with E-state index in [0.29, 0.717) is 12.3 Å². The van der Waals surface area contributed by atoms with Gasteiger partial charge in [0.15, 0.2) is 6.61 Å². The van der Waals surface area contributed by atoms with Crippen LogP contribution in [0.5, 0.6) is 5.75 Å². The lowest BCUT2D eigenvalue weighted by atomic mass is 10.1. The number of benzene rings is 1. The number of nitrogens with one attached hydrogen (secondary N) is 1. The third kappa shape index (κ3) is 4.84. The van der Waals surface area contributed by atoms with Gasteiger partial charge in [-0.25, -0.2) is 0 Å². The Morgan fingerprint density at radius 2 is 2.17 bits per heavy atom. The van der Waals surface area contributed by atoms with E-state index in [-0.39, 0.29) is 12.5 Å². The minimum Gasteiger partial charge on any atom is -0.479 e. The van der Waals surface area contributed by atoms with E-state index in [1.54, 1.807) is 17.4 Å². The van der Waals surface area contributed by atoms with Gasteiger partial charge in [0.05, 0.1) is 4.88 Å². The molecule has 0 aliphatic rings. The van der Waals surface area contributed by atoms with Crippen molar-refractivity contribution in [1.82, 2.24) is 5.32 Å². The molecule has 0 bridgehead atoms. The van der Waals surface area contributed by atoms with Crippen molar-refractivity contribution in [3.8, 4) is 11.8 Å². The first-order valence-electron chi connectivity index (χ1n) is 8.16. The monoisotopic (exact) mass is 342 g/mol. The standard InChI is InChI=1S/C19H22N2O2S/c1-3-6-17-15(4-2)12-18(24-17)19(22)21-13-14-7-5-8-16(11-14)23-10-9-20/h5,7-8,11-12H,3-4,6,10,13H2,1-2H3,(H,21,22). The second-order valence-corrected chi connectivity index (χ2v) is 6.58. The van der Waals surface area contributed by atoms with Gasteiger partial charge in [-0.3, -0.25) is 4.79 Å². The van der Waals surface area contributed by atoms with Crippen molar-refractivity contribution in [1.29, 1.82) is 5.26 Å². The van der Waals surface area contributed by atoms with Gasteiger partial charge in [-0.2, -0.15) is 5.26 Å². The summed E-state index contributed by atoms with van der Waals surface area (Å²) in [6, 6.07) is 11.4. The molecule has 4 nitrogen and oxygen atoms in total. The summed E-state index contributed by atoms with van der Waals surface area (Å²) in [6.07, 6.45) is 3.07. The molecule has 0 spiro atoms. The van der Waals surface area contributed by atoms with Gasteiger partial charge in [0, 0.05) is 11.4 Å². The molecule has 0 fully saturated rings. The minimum atomic E-state index is -0.0413. The smallest absolute Gasteiger partial charge is 0.261 e. The number of amides is 1. The van der Waals surface area contributed by atoms with Gasteiger partial charge in [-0.1, -0.05) is 32.4 Å². The fourth-order valence-corrected chi connectivity index (χ4v) is 3.72. The van der Waals surface area contributed by atoms with Gasteiger partial charge < -0.3 is 10.1 Å². The normalized spacial score (nSPS) is 10.2. The van der Waals surface area contributed by atoms with Crippen LogP contribution in [0.4, 0.5) is 0 Å². The second kappa shape index (κ2) is 9.09. The van der Waals surface area contributed by atoms with Crippen LogP contribution in [0.1, 0.15) is 45.9 Å². The average Bonchev–Trinajstić information content (AvgIpc) is 3.01. The number of thiophene rings is 1. The van der Waals surface area contributed by atoms with E-state index in [2.05, 4.69) is 19.2 Å². The quantitative estimate of drug-likeness (QED) is 0.786. The molecule has 1 aromatic carbocycles. The van der Waals surface area contributed by atoms with Crippen molar-refractivity contribution >= 4 is 17.2 Å². The highest BCUT2D eigenvalue weighted by atomic mass is 32.1. The van der Waals surface area contributed by atoms with Crippen LogP contribution >= 0.6 is 11.3 Å². The Balaban J connectivity index is 1.99. The molecule has 1 aromatic heterocycles. The van der Waals surface area contributed by atoms with E-state index < -0.39 is 0 Å². The molecular weight excluding hydrogens is 320 g/mol. The number of nitriles is 1. The van der Waals surface area contributed by atoms with Gasteiger partial charge in [-0.15, -0.1) is 11.3 Å². The van der Waals surface area contributed by atoms with Crippen molar-refractivity contribution in [2.45, 2.75) is 39.7 Å². The fourth-order valence-electron chi connectivity index (χ4n) is 2.45. The first kappa shape index (κ1) is 18.0. The molecule has 2 rings (SSSR count). The predicted octanol–water partition coefficient (Wildman–Crippen LogP) is 4.10. The first-order chi connectivity index (χ1) is 11.7. The van der Waals surface area contributed by atoms with Crippen LogP contribution in [-0.4, -0.2) is 12.5 Å². The summed E-state index contributed by atoms with van der Waals surface area (Å²) < 4.78 is 5.28. The molecule has 1 heterocycles. The number of carbonyl (C=O) groups excluding carboxylic acids is 1. The number of nitrogens with zero attached hydrogens (tertiary/aromatic N) is 1. The fraction of sp³-hybridized carbons (Fsp3) is 0.368. The molecule has 0 aliphatic carbocycles. The summed E-state index contributed by atoms with van der Waals surface area (Å²) in [6.45, 7) is 4.73. The van der Waals surface area contributed by atoms with Crippen LogP contribution in [0.25, 0.3) is 0 Å². The predicted molar refractivity (Wildman–Crippen MR) is 96.4 cm³/mol. The molecule has 24 heavy (non-hydrogen) atoms. The van der Waals surface area contributed by atoms with E-state index in [0.717, 1.165) is 29.7 Å². The van der Waals surface area contributed by atoms with Crippen LogP contribution in [0.2, 0.25) is 0 Å². The van der Waals surface area contributed by atoms with Crippen molar-refractivity contribution in [3.05, 3.63) is 51.2 Å². The van der Waals surface area contributed by atoms with Crippen molar-refractivity contribution in [2.75, 3.05) is 6.61 Å². The maximum absolute atomic E-state index is 12.4. The number of aryl methyl sites for hydroxylation is 2. The minimum absolute atomic E-state index is 0.0189. The zero-order chi connectivity index (χ0) is 17.4. The van der Waals surface area contributed by atoms with Crippen LogP contribution in [0, 0.1) is 11.3 Å². The van der Waals surface area contributed by atoms with Gasteiger partial charge in [-0.05, 0) is 42.2 Å². The molecule has 0 radical (unpaired) electrons. The summed E-state index contributed by atoms with van der Waals surface area (Å²) in [4.78, 5) is 14.5. The Labute approximate surface area is 147 Å². The van der Waals surface area contributed by atoms with Crippen LogP contribution < -0.4 is 10.1 Å². The third-order valence-electron chi connectivity index (χ3n) is 3.63. The van der Waals surface area contributed by atoms with Crippen molar-refractivity contribution in [3.63, 3.8) is 0 Å². The summed E-state index contributed by atoms with van der Waals surface area (Å²) in [5, 5.41) is 11.5. The van der Waals surface area contributed by atoms with Gasteiger partial charge >= 0.3 is 0 Å². The highest BCUT2D eigenvalue weighted by Crippen LogP contribution is 2.24. The molecule has 0 atom stereocenters. The zero-order valence-corrected chi connectivity index (χ0v) is 14.9. The van der Waals surface area contributed by atoms with Gasteiger partial charge in [0.25, 0.3) is 5.91 Å². The van der Waals surface area contributed by atoms with E-state index in [1.807, 2.05) is 30.3 Å². The Hall–Kier alpha value is -2.32. The Morgan fingerprint density at radius 3 is 2.88 bits per heavy atom. The summed E-state index contributed by atoms with van der Waals surface area (Å²) >= 11 is 1.59. The lowest BCUT2D eigenvalue weighted by Gasteiger charge is -2.06. The van der Waals surface area contributed by atoms with Gasteiger partial charge in [0.2, 0.25) is 0 Å². The molecule has 2 aromatic rings. The number of ether oxygens (including phenoxy) is 1. The summed E-state index contributed by atoms with van der Waals surface area (Å²) in [7, 11) is 0. The van der Waals surface area contributed by atoms with Crippen LogP contribution in [0.15, 0.2) is 30.3 Å². The van der Waals surface area contributed by atoms with Crippen molar-refractivity contribution in [2.24, 2.45) is 0 Å². The van der Waals surface area contributed by atoms with E-state index in [4.69, 9.17) is 10.00 Å². The number of hydrogen-bond acceptors (Lipinski definition) is 4. The second-order valence-electron chi connectivity index (χ2n) is 5.44. The third-order valence-corrected chi connectivity index (χ3v) is 4.87. The van der Waals surface area contributed by atoms with Crippen LogP contribution in [0.3, 0.4) is 0 Å². The largest absolute Gasteiger partial charge is 0.479 e. The van der Waals surface area contributed by atoms with E-state index in [9.17, 15) is 4.79 Å². The molecule has 126 valence electrons. The first-order valence-corrected chi connectivity index (χ1v) is 8.98. The van der Waals surface area contributed by atoms with E-state index in [1.165, 1.54) is 10.4 Å². The number of carbonyl (C=O) groups is 1. The maximum Gasteiger partial charge on any atom is 0.261 e. The molecule has 1 amide bonds. The molecule has 0 saturated heterocycles. The number of hydrogen-bond donors (Lipinski definition) is 1. The topological polar surface area (TPSA) is 62.1 Å². The lowest BCUT2D eigenvalue weighted by Crippen LogP contribution is -2.21. The lowest BCUT2D eigenvalue weighted by molar-refractivity contribution is 0.0955. The Kier molecular flexibility index (Phi) is 6.83. The molecular formula is C19H22N2O2S. The van der Waals surface area contributed by atoms with Crippen molar-refractivity contribution < 1.29 is 9.53 Å². The summed E-state index contributed by atoms with van der Waals surface area (Å²) in [5.41, 5.74) is 2.22. The molecule has 1 N–H and O–H groups in total. The van der Waals surface area contributed by atoms with E-state index >= 15 is 0 Å². The highest BCUT2D eigenvalue weighted by molar-refractivity contribution is 7.14. The average molecular weight is 342 g/mol. The summed E-state index contributed by atoms with van der Waals surface area (Å²) in [5.74, 6) is 0.596. The number of rotatable bonds is 8. The molecule has 0 unspecified atom stereocenters. The molecule has 5 heteroatoms. The molecule has 0 aliphatic heterocycles. The Morgan fingerprint density at radius 1 is 1.33 bits per heavy atom. The highest BCUT2D eigenvalue weighted by Gasteiger charge is 2.13. The van der Waals surface area contributed by atoms with Crippen LogP contribution in [-0.2, 0) is 19.4 Å². The SMILES string of the molecule is CCCc1sc(C(=O)NCc2cccc(OCC#N)c2)cc1CC. The van der Waals surface area contributed by atoms with Gasteiger partial charge in [0.1, 0.15) is 11.8 Å².